The number of nitrogens with zero attached hydrogens (tertiary/aromatic N) is 1. The second-order valence-electron chi connectivity index (χ2n) is 5.40. The molecule has 1 fully saturated rings. The molecule has 0 bridgehead atoms. The Hall–Kier alpha value is -1.36. The summed E-state index contributed by atoms with van der Waals surface area (Å²) in [4.78, 5) is 19.0. The van der Waals surface area contributed by atoms with E-state index >= 15 is 0 Å². The fourth-order valence-electron chi connectivity index (χ4n) is 2.91. The van der Waals surface area contributed by atoms with Crippen LogP contribution in [0.15, 0.2) is 0 Å². The lowest BCUT2D eigenvalue weighted by Gasteiger charge is -2.16. The minimum atomic E-state index is -0.699. The maximum atomic E-state index is 11.0. The van der Waals surface area contributed by atoms with E-state index in [4.69, 9.17) is 9.84 Å². The standard InChI is InChI=1S/C13H18N2O3/c1-7-4-9(6-18-7)12-14-10-3-2-8(13(16)17)5-11(10)15-12/h7-9H,2-6H2,1H3,(H,14,15)(H,16,17). The third-order valence-electron chi connectivity index (χ3n) is 4.00. The molecule has 1 aliphatic heterocycles. The van der Waals surface area contributed by atoms with E-state index in [9.17, 15) is 4.79 Å². The van der Waals surface area contributed by atoms with Crippen molar-refractivity contribution in [3.05, 3.63) is 17.2 Å². The molecular weight excluding hydrogens is 232 g/mol. The molecule has 5 nitrogen and oxygen atoms in total. The summed E-state index contributed by atoms with van der Waals surface area (Å²) in [5.41, 5.74) is 2.07. The van der Waals surface area contributed by atoms with Gasteiger partial charge in [0.2, 0.25) is 0 Å². The van der Waals surface area contributed by atoms with Crippen LogP contribution in [0.25, 0.3) is 0 Å². The van der Waals surface area contributed by atoms with Crippen molar-refractivity contribution in [3.8, 4) is 0 Å². The topological polar surface area (TPSA) is 75.2 Å². The van der Waals surface area contributed by atoms with Crippen LogP contribution < -0.4 is 0 Å². The minimum Gasteiger partial charge on any atom is -0.481 e. The summed E-state index contributed by atoms with van der Waals surface area (Å²) in [5, 5.41) is 9.06. The van der Waals surface area contributed by atoms with Crippen LogP contribution in [0.4, 0.5) is 0 Å². The van der Waals surface area contributed by atoms with Crippen LogP contribution in [0.3, 0.4) is 0 Å². The molecule has 3 atom stereocenters. The van der Waals surface area contributed by atoms with Crippen LogP contribution in [0, 0.1) is 5.92 Å². The fourth-order valence-corrected chi connectivity index (χ4v) is 2.91. The first kappa shape index (κ1) is 11.7. The quantitative estimate of drug-likeness (QED) is 0.834. The number of carboxylic acid groups (broad SMARTS) is 1. The Labute approximate surface area is 106 Å². The molecule has 0 spiro atoms. The van der Waals surface area contributed by atoms with Crippen LogP contribution in [0.5, 0.6) is 0 Å². The molecular formula is C13H18N2O3. The number of H-pyrrole nitrogens is 1. The van der Waals surface area contributed by atoms with Crippen LogP contribution >= 0.6 is 0 Å². The number of carboxylic acids is 1. The molecule has 0 amide bonds. The average Bonchev–Trinajstić information content (AvgIpc) is 2.93. The smallest absolute Gasteiger partial charge is 0.306 e. The first-order valence-electron chi connectivity index (χ1n) is 6.55. The summed E-state index contributed by atoms with van der Waals surface area (Å²) in [7, 11) is 0. The normalized spacial score (nSPS) is 31.3. The minimum absolute atomic E-state index is 0.260. The molecule has 5 heteroatoms. The number of rotatable bonds is 2. The fraction of sp³-hybridized carbons (Fsp3) is 0.692. The second kappa shape index (κ2) is 4.39. The van der Waals surface area contributed by atoms with Gasteiger partial charge in [-0.2, -0.15) is 0 Å². The highest BCUT2D eigenvalue weighted by Crippen LogP contribution is 2.31. The maximum absolute atomic E-state index is 11.0. The molecule has 1 aromatic rings. The van der Waals surface area contributed by atoms with Crippen molar-refractivity contribution in [2.24, 2.45) is 5.92 Å². The van der Waals surface area contributed by atoms with Gasteiger partial charge in [-0.05, 0) is 26.2 Å². The van der Waals surface area contributed by atoms with E-state index in [0.29, 0.717) is 24.9 Å². The molecule has 3 rings (SSSR count). The molecule has 0 saturated carbocycles. The number of hydrogen-bond donors (Lipinski definition) is 2. The zero-order chi connectivity index (χ0) is 12.7. The van der Waals surface area contributed by atoms with Gasteiger partial charge in [-0.25, -0.2) is 4.98 Å². The van der Waals surface area contributed by atoms with Gasteiger partial charge in [0, 0.05) is 18.0 Å². The van der Waals surface area contributed by atoms with Crippen molar-refractivity contribution in [1.29, 1.82) is 0 Å². The molecule has 0 aromatic carbocycles. The van der Waals surface area contributed by atoms with E-state index in [-0.39, 0.29) is 5.92 Å². The Morgan fingerprint density at radius 3 is 3.06 bits per heavy atom. The van der Waals surface area contributed by atoms with Gasteiger partial charge in [0.15, 0.2) is 0 Å². The zero-order valence-electron chi connectivity index (χ0n) is 10.5. The van der Waals surface area contributed by atoms with Crippen molar-refractivity contribution in [3.63, 3.8) is 0 Å². The first-order chi connectivity index (χ1) is 8.63. The number of aromatic amines is 1. The number of carbonyl (C=O) groups is 1. The summed E-state index contributed by atoms with van der Waals surface area (Å²) >= 11 is 0. The summed E-state index contributed by atoms with van der Waals surface area (Å²) in [6.07, 6.45) is 3.34. The van der Waals surface area contributed by atoms with Gasteiger partial charge >= 0.3 is 5.97 Å². The highest BCUT2D eigenvalue weighted by atomic mass is 16.5. The summed E-state index contributed by atoms with van der Waals surface area (Å²) < 4.78 is 5.56. The largest absolute Gasteiger partial charge is 0.481 e. The van der Waals surface area contributed by atoms with Crippen molar-refractivity contribution >= 4 is 5.97 Å². The molecule has 18 heavy (non-hydrogen) atoms. The van der Waals surface area contributed by atoms with Crippen LogP contribution in [-0.4, -0.2) is 33.8 Å². The third-order valence-corrected chi connectivity index (χ3v) is 4.00. The Bertz CT molecular complexity index is 469. The van der Waals surface area contributed by atoms with Crippen LogP contribution in [0.2, 0.25) is 0 Å². The lowest BCUT2D eigenvalue weighted by molar-refractivity contribution is -0.142. The number of aliphatic carboxylic acids is 1. The van der Waals surface area contributed by atoms with E-state index in [1.807, 2.05) is 0 Å². The van der Waals surface area contributed by atoms with Crippen molar-refractivity contribution in [2.75, 3.05) is 6.61 Å². The van der Waals surface area contributed by atoms with Crippen molar-refractivity contribution in [2.45, 2.75) is 44.6 Å². The number of aromatic nitrogens is 2. The van der Waals surface area contributed by atoms with E-state index in [1.54, 1.807) is 0 Å². The highest BCUT2D eigenvalue weighted by molar-refractivity contribution is 5.70. The van der Waals surface area contributed by atoms with Gasteiger partial charge in [0.1, 0.15) is 5.82 Å². The average molecular weight is 250 g/mol. The summed E-state index contributed by atoms with van der Waals surface area (Å²) in [6.45, 7) is 2.79. The maximum Gasteiger partial charge on any atom is 0.306 e. The van der Waals surface area contributed by atoms with Gasteiger partial charge < -0.3 is 14.8 Å². The Kier molecular flexibility index (Phi) is 2.86. The van der Waals surface area contributed by atoms with E-state index in [0.717, 1.165) is 36.7 Å². The van der Waals surface area contributed by atoms with E-state index in [1.165, 1.54) is 0 Å². The van der Waals surface area contributed by atoms with Crippen LogP contribution in [0.1, 0.15) is 42.9 Å². The number of fused-ring (bicyclic) bond motifs is 1. The first-order valence-corrected chi connectivity index (χ1v) is 6.55. The Balaban J connectivity index is 1.79. The molecule has 3 unspecified atom stereocenters. The number of hydrogen-bond acceptors (Lipinski definition) is 3. The SMILES string of the molecule is CC1CC(c2nc3c([nH]2)CC(C(=O)O)CC3)CO1. The van der Waals surface area contributed by atoms with Crippen molar-refractivity contribution in [1.82, 2.24) is 9.97 Å². The van der Waals surface area contributed by atoms with Gasteiger partial charge in [-0.3, -0.25) is 4.79 Å². The van der Waals surface area contributed by atoms with Gasteiger partial charge in [-0.15, -0.1) is 0 Å². The van der Waals surface area contributed by atoms with Gasteiger partial charge in [0.05, 0.1) is 24.3 Å². The molecule has 0 radical (unpaired) electrons. The molecule has 1 aliphatic carbocycles. The lowest BCUT2D eigenvalue weighted by Crippen LogP contribution is -2.22. The highest BCUT2D eigenvalue weighted by Gasteiger charge is 2.30. The molecule has 2 heterocycles. The van der Waals surface area contributed by atoms with Gasteiger partial charge in [0.25, 0.3) is 0 Å². The molecule has 1 aromatic heterocycles. The molecule has 98 valence electrons. The Morgan fingerprint density at radius 2 is 2.39 bits per heavy atom. The zero-order valence-corrected chi connectivity index (χ0v) is 10.5. The summed E-state index contributed by atoms with van der Waals surface area (Å²) in [6, 6.07) is 0. The van der Waals surface area contributed by atoms with Crippen molar-refractivity contribution < 1.29 is 14.6 Å². The monoisotopic (exact) mass is 250 g/mol. The number of aryl methyl sites for hydroxylation is 1. The predicted molar refractivity (Wildman–Crippen MR) is 64.5 cm³/mol. The number of imidazole rings is 1. The number of nitrogens with one attached hydrogen (secondary N) is 1. The third kappa shape index (κ3) is 2.03. The summed E-state index contributed by atoms with van der Waals surface area (Å²) in [5.74, 6) is 0.364. The van der Waals surface area contributed by atoms with Gasteiger partial charge in [-0.1, -0.05) is 0 Å². The van der Waals surface area contributed by atoms with E-state index in [2.05, 4.69) is 16.9 Å². The molecule has 2 N–H and O–H groups in total. The van der Waals surface area contributed by atoms with E-state index < -0.39 is 5.97 Å². The number of ether oxygens (including phenoxy) is 1. The molecule has 1 saturated heterocycles. The molecule has 2 aliphatic rings. The second-order valence-corrected chi connectivity index (χ2v) is 5.40. The predicted octanol–water partition coefficient (Wildman–Crippen LogP) is 1.49. The Morgan fingerprint density at radius 1 is 1.56 bits per heavy atom. The van der Waals surface area contributed by atoms with Crippen LogP contribution in [-0.2, 0) is 22.4 Å². The lowest BCUT2D eigenvalue weighted by atomic mass is 9.90.